The molecule has 0 saturated heterocycles. The Morgan fingerprint density at radius 2 is 2.11 bits per heavy atom. The van der Waals surface area contributed by atoms with Crippen LogP contribution in [0.15, 0.2) is 18.2 Å². The van der Waals surface area contributed by atoms with Gasteiger partial charge in [0, 0.05) is 23.2 Å². The van der Waals surface area contributed by atoms with E-state index < -0.39 is 0 Å². The summed E-state index contributed by atoms with van der Waals surface area (Å²) in [7, 11) is 0. The van der Waals surface area contributed by atoms with Crippen LogP contribution < -0.4 is 5.32 Å². The minimum Gasteiger partial charge on any atom is -0.309 e. The van der Waals surface area contributed by atoms with Gasteiger partial charge in [-0.05, 0) is 30.4 Å². The molecular weight excluding hydrogens is 249 g/mol. The van der Waals surface area contributed by atoms with E-state index in [2.05, 4.69) is 19.2 Å². The van der Waals surface area contributed by atoms with E-state index in [1.54, 1.807) is 12.1 Å². The lowest BCUT2D eigenvalue weighted by Crippen LogP contribution is -2.40. The molecule has 3 heteroatoms. The molecule has 1 N–H and O–H groups in total. The van der Waals surface area contributed by atoms with Crippen molar-refractivity contribution < 1.29 is 4.39 Å². The third-order valence-corrected chi connectivity index (χ3v) is 4.66. The molecule has 2 rings (SSSR count). The third kappa shape index (κ3) is 3.04. The first-order valence-corrected chi connectivity index (χ1v) is 7.13. The molecule has 100 valence electrons. The second kappa shape index (κ2) is 6.03. The molecule has 0 radical (unpaired) electrons. The van der Waals surface area contributed by atoms with Gasteiger partial charge in [0.15, 0.2) is 0 Å². The Hall–Kier alpha value is -0.600. The lowest BCUT2D eigenvalue weighted by Gasteiger charge is -2.34. The molecule has 3 atom stereocenters. The highest BCUT2D eigenvalue weighted by Gasteiger charge is 2.26. The summed E-state index contributed by atoms with van der Waals surface area (Å²) in [5.41, 5.74) is 0.588. The van der Waals surface area contributed by atoms with Crippen LogP contribution in [0.2, 0.25) is 5.02 Å². The van der Waals surface area contributed by atoms with E-state index in [4.69, 9.17) is 11.6 Å². The number of nitrogens with one attached hydrogen (secondary N) is 1. The average molecular weight is 270 g/mol. The van der Waals surface area contributed by atoms with Crippen molar-refractivity contribution in [1.82, 2.24) is 5.32 Å². The number of halogens is 2. The van der Waals surface area contributed by atoms with E-state index in [0.717, 1.165) is 5.92 Å². The smallest absolute Gasteiger partial charge is 0.129 e. The average Bonchev–Trinajstić information content (AvgIpc) is 2.33. The number of hydrogen-bond acceptors (Lipinski definition) is 1. The Balaban J connectivity index is 1.99. The zero-order valence-electron chi connectivity index (χ0n) is 11.0. The summed E-state index contributed by atoms with van der Waals surface area (Å²) in [6.07, 6.45) is 3.74. The summed E-state index contributed by atoms with van der Waals surface area (Å²) in [4.78, 5) is 0. The van der Waals surface area contributed by atoms with Gasteiger partial charge in [-0.2, -0.15) is 0 Å². The van der Waals surface area contributed by atoms with Crippen molar-refractivity contribution in [2.45, 2.75) is 45.7 Å². The highest BCUT2D eigenvalue weighted by atomic mass is 35.5. The first-order valence-electron chi connectivity index (χ1n) is 6.76. The Kier molecular flexibility index (Phi) is 4.63. The van der Waals surface area contributed by atoms with Crippen LogP contribution in [0.1, 0.15) is 38.7 Å². The summed E-state index contributed by atoms with van der Waals surface area (Å²) in [5, 5.41) is 3.99. The van der Waals surface area contributed by atoms with Crippen LogP contribution in [0.4, 0.5) is 4.39 Å². The SMILES string of the molecule is C[C@@H]1[C@H](C)CCC[C@@H]1NCc1c(F)cccc1Cl. The maximum absolute atomic E-state index is 13.7. The van der Waals surface area contributed by atoms with Gasteiger partial charge in [0.1, 0.15) is 5.82 Å². The van der Waals surface area contributed by atoms with Crippen molar-refractivity contribution in [3.63, 3.8) is 0 Å². The van der Waals surface area contributed by atoms with E-state index in [-0.39, 0.29) is 5.82 Å². The van der Waals surface area contributed by atoms with E-state index in [0.29, 0.717) is 29.1 Å². The largest absolute Gasteiger partial charge is 0.309 e. The molecule has 1 saturated carbocycles. The van der Waals surface area contributed by atoms with E-state index in [9.17, 15) is 4.39 Å². The summed E-state index contributed by atoms with van der Waals surface area (Å²) < 4.78 is 13.7. The highest BCUT2D eigenvalue weighted by molar-refractivity contribution is 6.31. The predicted octanol–water partition coefficient (Wildman–Crippen LogP) is 4.39. The lowest BCUT2D eigenvalue weighted by atomic mass is 9.78. The zero-order valence-corrected chi connectivity index (χ0v) is 11.8. The molecule has 1 nitrogen and oxygen atoms in total. The molecule has 0 unspecified atom stereocenters. The second-order valence-corrected chi connectivity index (χ2v) is 5.86. The fraction of sp³-hybridized carbons (Fsp3) is 0.600. The molecule has 0 heterocycles. The Bertz CT molecular complexity index is 387. The third-order valence-electron chi connectivity index (χ3n) is 4.31. The summed E-state index contributed by atoms with van der Waals surface area (Å²) in [5.74, 6) is 1.17. The molecule has 18 heavy (non-hydrogen) atoms. The van der Waals surface area contributed by atoms with Crippen LogP contribution in [-0.2, 0) is 6.54 Å². The summed E-state index contributed by atoms with van der Waals surface area (Å²) in [6.45, 7) is 5.10. The number of rotatable bonds is 3. The number of benzene rings is 1. The van der Waals surface area contributed by atoms with Gasteiger partial charge in [-0.25, -0.2) is 4.39 Å². The molecule has 0 amide bonds. The molecule has 1 aromatic rings. The first kappa shape index (κ1) is 13.8. The normalized spacial score (nSPS) is 28.3. The maximum atomic E-state index is 13.7. The minimum atomic E-state index is -0.216. The maximum Gasteiger partial charge on any atom is 0.129 e. The molecule has 1 fully saturated rings. The van der Waals surface area contributed by atoms with E-state index >= 15 is 0 Å². The van der Waals surface area contributed by atoms with Crippen molar-refractivity contribution in [2.75, 3.05) is 0 Å². The first-order chi connectivity index (χ1) is 8.59. The van der Waals surface area contributed by atoms with Crippen molar-refractivity contribution in [3.8, 4) is 0 Å². The fourth-order valence-electron chi connectivity index (χ4n) is 2.80. The van der Waals surface area contributed by atoms with Gasteiger partial charge < -0.3 is 5.32 Å². The van der Waals surface area contributed by atoms with Crippen LogP contribution in [0.3, 0.4) is 0 Å². The molecule has 0 aliphatic heterocycles. The van der Waals surface area contributed by atoms with E-state index in [1.165, 1.54) is 25.3 Å². The van der Waals surface area contributed by atoms with Gasteiger partial charge in [0.25, 0.3) is 0 Å². The van der Waals surface area contributed by atoms with Crippen molar-refractivity contribution in [1.29, 1.82) is 0 Å². The molecule has 0 bridgehead atoms. The quantitative estimate of drug-likeness (QED) is 0.858. The Morgan fingerprint density at radius 3 is 2.83 bits per heavy atom. The van der Waals surface area contributed by atoms with Gasteiger partial charge in [-0.1, -0.05) is 44.4 Å². The summed E-state index contributed by atoms with van der Waals surface area (Å²) >= 11 is 6.03. The predicted molar refractivity (Wildman–Crippen MR) is 74.2 cm³/mol. The van der Waals surface area contributed by atoms with Crippen LogP contribution in [-0.4, -0.2) is 6.04 Å². The molecule has 1 aromatic carbocycles. The van der Waals surface area contributed by atoms with Crippen molar-refractivity contribution in [2.24, 2.45) is 11.8 Å². The van der Waals surface area contributed by atoms with Gasteiger partial charge >= 0.3 is 0 Å². The Labute approximate surface area is 114 Å². The van der Waals surface area contributed by atoms with Crippen molar-refractivity contribution >= 4 is 11.6 Å². The van der Waals surface area contributed by atoms with Crippen LogP contribution in [0.25, 0.3) is 0 Å². The molecule has 1 aliphatic carbocycles. The lowest BCUT2D eigenvalue weighted by molar-refractivity contribution is 0.205. The van der Waals surface area contributed by atoms with Crippen molar-refractivity contribution in [3.05, 3.63) is 34.6 Å². The fourth-order valence-corrected chi connectivity index (χ4v) is 3.03. The van der Waals surface area contributed by atoms with Gasteiger partial charge in [-0.15, -0.1) is 0 Å². The Morgan fingerprint density at radius 1 is 1.33 bits per heavy atom. The minimum absolute atomic E-state index is 0.216. The topological polar surface area (TPSA) is 12.0 Å². The monoisotopic (exact) mass is 269 g/mol. The molecule has 0 aromatic heterocycles. The van der Waals surface area contributed by atoms with E-state index in [1.807, 2.05) is 0 Å². The highest BCUT2D eigenvalue weighted by Crippen LogP contribution is 2.30. The summed E-state index contributed by atoms with van der Waals surface area (Å²) in [6, 6.07) is 5.33. The van der Waals surface area contributed by atoms with Gasteiger partial charge in [0.05, 0.1) is 0 Å². The molecule has 0 spiro atoms. The van der Waals surface area contributed by atoms with Gasteiger partial charge in [0.2, 0.25) is 0 Å². The number of hydrogen-bond donors (Lipinski definition) is 1. The van der Waals surface area contributed by atoms with Crippen LogP contribution in [0.5, 0.6) is 0 Å². The zero-order chi connectivity index (χ0) is 13.1. The molecule has 1 aliphatic rings. The van der Waals surface area contributed by atoms with Gasteiger partial charge in [-0.3, -0.25) is 0 Å². The van der Waals surface area contributed by atoms with Crippen LogP contribution in [0, 0.1) is 17.7 Å². The standard InChI is InChI=1S/C15H21ClFN/c1-10-5-3-8-15(11(10)2)18-9-12-13(16)6-4-7-14(12)17/h4,6-7,10-11,15,18H,3,5,8-9H2,1-2H3/t10-,11-,15+/m1/s1. The van der Waals surface area contributed by atoms with Crippen LogP contribution >= 0.6 is 11.6 Å². The molecular formula is C15H21ClFN. The second-order valence-electron chi connectivity index (χ2n) is 5.45.